The van der Waals surface area contributed by atoms with Gasteiger partial charge in [0.05, 0.1) is 19.4 Å². The number of amidine groups is 1. The Labute approximate surface area is 133 Å². The molecular formula is C15H15N3O4S. The van der Waals surface area contributed by atoms with Crippen molar-refractivity contribution in [3.8, 4) is 0 Å². The molecule has 0 spiro atoms. The third kappa shape index (κ3) is 3.03. The fraction of sp³-hybridized carbons (Fsp3) is 0.200. The highest BCUT2D eigenvalue weighted by atomic mass is 32.2. The van der Waals surface area contributed by atoms with E-state index in [2.05, 4.69) is 9.50 Å². The number of aryl methyl sites for hydroxylation is 1. The van der Waals surface area contributed by atoms with Crippen LogP contribution < -0.4 is 0 Å². The van der Waals surface area contributed by atoms with E-state index in [9.17, 15) is 13.5 Å². The molecule has 1 aliphatic heterocycles. The summed E-state index contributed by atoms with van der Waals surface area (Å²) in [6, 6.07) is 10.1. The van der Waals surface area contributed by atoms with E-state index in [-0.39, 0.29) is 23.9 Å². The fourth-order valence-corrected chi connectivity index (χ4v) is 3.44. The average Bonchev–Trinajstić information content (AvgIpc) is 3.06. The summed E-state index contributed by atoms with van der Waals surface area (Å²) in [5, 5.41) is 14.8. The van der Waals surface area contributed by atoms with Gasteiger partial charge in [-0.1, -0.05) is 12.1 Å². The molecule has 0 saturated carbocycles. The Balaban J connectivity index is 1.97. The number of hydrogen-bond acceptors (Lipinski definition) is 6. The second-order valence-corrected chi connectivity index (χ2v) is 6.50. The Hall–Kier alpha value is -2.45. The van der Waals surface area contributed by atoms with Crippen LogP contribution in [0.5, 0.6) is 0 Å². The van der Waals surface area contributed by atoms with Crippen molar-refractivity contribution in [3.05, 3.63) is 53.5 Å². The van der Waals surface area contributed by atoms with Gasteiger partial charge in [-0.2, -0.15) is 13.5 Å². The van der Waals surface area contributed by atoms with Crippen LogP contribution in [0.1, 0.15) is 17.1 Å². The first-order chi connectivity index (χ1) is 11.0. The number of rotatable bonds is 4. The van der Waals surface area contributed by atoms with Crippen molar-refractivity contribution in [2.24, 2.45) is 9.50 Å². The Morgan fingerprint density at radius 1 is 1.30 bits per heavy atom. The minimum Gasteiger partial charge on any atom is -0.460 e. The second kappa shape index (κ2) is 5.98. The van der Waals surface area contributed by atoms with Gasteiger partial charge >= 0.3 is 0 Å². The molecule has 0 saturated heterocycles. The van der Waals surface area contributed by atoms with E-state index in [0.717, 1.165) is 5.76 Å². The number of sulfonamides is 1. The minimum absolute atomic E-state index is 0.110. The van der Waals surface area contributed by atoms with E-state index in [1.54, 1.807) is 30.3 Å². The highest BCUT2D eigenvalue weighted by Crippen LogP contribution is 2.27. The number of aliphatic hydroxyl groups excluding tert-OH is 1. The van der Waals surface area contributed by atoms with E-state index in [4.69, 9.17) is 4.42 Å². The first kappa shape index (κ1) is 15.4. The highest BCUT2D eigenvalue weighted by molar-refractivity contribution is 7.90. The lowest BCUT2D eigenvalue weighted by atomic mass is 10.2. The summed E-state index contributed by atoms with van der Waals surface area (Å²) in [6.07, 6.45) is 1.46. The van der Waals surface area contributed by atoms with Crippen LogP contribution in [0.15, 0.2) is 55.2 Å². The molecule has 0 fully saturated rings. The van der Waals surface area contributed by atoms with Gasteiger partial charge in [0.2, 0.25) is 0 Å². The van der Waals surface area contributed by atoms with Crippen molar-refractivity contribution >= 4 is 22.1 Å². The molecule has 7 nitrogen and oxygen atoms in total. The van der Waals surface area contributed by atoms with E-state index in [1.807, 2.05) is 6.92 Å². The number of hydrogen-bond donors (Lipinski definition) is 1. The van der Waals surface area contributed by atoms with Crippen LogP contribution >= 0.6 is 0 Å². The van der Waals surface area contributed by atoms with E-state index in [1.165, 1.54) is 17.3 Å². The van der Waals surface area contributed by atoms with Gasteiger partial charge < -0.3 is 9.52 Å². The van der Waals surface area contributed by atoms with Crippen LogP contribution in [0.25, 0.3) is 0 Å². The van der Waals surface area contributed by atoms with E-state index in [0.29, 0.717) is 11.3 Å². The maximum Gasteiger partial charge on any atom is 0.285 e. The smallest absolute Gasteiger partial charge is 0.285 e. The van der Waals surface area contributed by atoms with Gasteiger partial charge in [-0.25, -0.2) is 5.01 Å². The molecule has 0 radical (unpaired) electrons. The summed E-state index contributed by atoms with van der Waals surface area (Å²) in [4.78, 5) is 0.141. The summed E-state index contributed by atoms with van der Waals surface area (Å²) in [7, 11) is -3.73. The van der Waals surface area contributed by atoms with Crippen LogP contribution in [-0.2, 0) is 10.0 Å². The lowest BCUT2D eigenvalue weighted by molar-refractivity contribution is 0.253. The predicted octanol–water partition coefficient (Wildman–Crippen LogP) is 1.37. The lowest BCUT2D eigenvalue weighted by Gasteiger charge is -2.17. The number of furan rings is 1. The standard InChI is InChI=1S/C15H15N3O4S/c1-11-6-7-12(22-11)10-16-18(8-9-19)15-13-4-2-3-5-14(13)23(20,21)17-15/h2-7,10,19H,8-9H2,1H3/b16-10-. The predicted molar refractivity (Wildman–Crippen MR) is 85.0 cm³/mol. The zero-order valence-electron chi connectivity index (χ0n) is 12.4. The fourth-order valence-electron chi connectivity index (χ4n) is 2.24. The third-order valence-corrected chi connectivity index (χ3v) is 4.58. The molecule has 2 heterocycles. The van der Waals surface area contributed by atoms with Gasteiger partial charge in [0, 0.05) is 5.56 Å². The Bertz CT molecular complexity index is 884. The molecule has 0 bridgehead atoms. The molecule has 23 heavy (non-hydrogen) atoms. The molecule has 1 aromatic heterocycles. The van der Waals surface area contributed by atoms with Gasteiger partial charge in [-0.15, -0.1) is 4.40 Å². The number of fused-ring (bicyclic) bond motifs is 1. The van der Waals surface area contributed by atoms with Crippen molar-refractivity contribution in [2.45, 2.75) is 11.8 Å². The molecule has 120 valence electrons. The van der Waals surface area contributed by atoms with Crippen molar-refractivity contribution in [1.82, 2.24) is 5.01 Å². The molecule has 0 amide bonds. The number of nitrogens with zero attached hydrogens (tertiary/aromatic N) is 3. The zero-order chi connectivity index (χ0) is 16.4. The summed E-state index contributed by atoms with van der Waals surface area (Å²) >= 11 is 0. The van der Waals surface area contributed by atoms with Crippen LogP contribution in [0.4, 0.5) is 0 Å². The first-order valence-electron chi connectivity index (χ1n) is 6.94. The Kier molecular flexibility index (Phi) is 4.01. The van der Waals surface area contributed by atoms with Crippen LogP contribution in [-0.4, -0.2) is 43.7 Å². The zero-order valence-corrected chi connectivity index (χ0v) is 13.2. The average molecular weight is 333 g/mol. The second-order valence-electron chi connectivity index (χ2n) is 4.93. The molecule has 8 heteroatoms. The molecule has 1 N–H and O–H groups in total. The van der Waals surface area contributed by atoms with Crippen LogP contribution in [0, 0.1) is 6.92 Å². The Morgan fingerprint density at radius 2 is 2.09 bits per heavy atom. The van der Waals surface area contributed by atoms with Gasteiger partial charge in [-0.3, -0.25) is 0 Å². The molecule has 0 aliphatic carbocycles. The molecular weight excluding hydrogens is 318 g/mol. The maximum absolute atomic E-state index is 12.1. The highest BCUT2D eigenvalue weighted by Gasteiger charge is 2.31. The first-order valence-corrected chi connectivity index (χ1v) is 8.38. The van der Waals surface area contributed by atoms with Crippen molar-refractivity contribution < 1.29 is 17.9 Å². The summed E-state index contributed by atoms with van der Waals surface area (Å²) in [5.74, 6) is 1.46. The molecule has 2 aromatic rings. The van der Waals surface area contributed by atoms with Gasteiger partial charge in [0.15, 0.2) is 5.84 Å². The third-order valence-electron chi connectivity index (χ3n) is 3.25. The van der Waals surface area contributed by atoms with Gasteiger partial charge in [0.25, 0.3) is 10.0 Å². The maximum atomic E-state index is 12.1. The molecule has 1 aromatic carbocycles. The van der Waals surface area contributed by atoms with E-state index < -0.39 is 10.0 Å². The Morgan fingerprint density at radius 3 is 2.78 bits per heavy atom. The molecule has 0 unspecified atom stereocenters. The largest absolute Gasteiger partial charge is 0.460 e. The molecule has 0 atom stereocenters. The van der Waals surface area contributed by atoms with Crippen molar-refractivity contribution in [2.75, 3.05) is 13.2 Å². The summed E-state index contributed by atoms with van der Waals surface area (Å²) in [5.41, 5.74) is 0.466. The quantitative estimate of drug-likeness (QED) is 0.673. The minimum atomic E-state index is -3.73. The van der Waals surface area contributed by atoms with Crippen molar-refractivity contribution in [3.63, 3.8) is 0 Å². The monoisotopic (exact) mass is 333 g/mol. The molecule has 3 rings (SSSR count). The van der Waals surface area contributed by atoms with Gasteiger partial charge in [0.1, 0.15) is 16.4 Å². The lowest BCUT2D eigenvalue weighted by Crippen LogP contribution is -2.28. The SMILES string of the molecule is Cc1ccc(/C=N\N(CCO)C2=NS(=O)(=O)c3ccccc32)o1. The number of hydrazone groups is 1. The number of benzene rings is 1. The normalized spacial score (nSPS) is 15.7. The van der Waals surface area contributed by atoms with E-state index >= 15 is 0 Å². The van der Waals surface area contributed by atoms with Crippen LogP contribution in [0.2, 0.25) is 0 Å². The summed E-state index contributed by atoms with van der Waals surface area (Å²) in [6.45, 7) is 1.72. The van der Waals surface area contributed by atoms with Crippen molar-refractivity contribution in [1.29, 1.82) is 0 Å². The topological polar surface area (TPSA) is 95.5 Å². The van der Waals surface area contributed by atoms with Gasteiger partial charge in [-0.05, 0) is 31.2 Å². The van der Waals surface area contributed by atoms with Crippen LogP contribution in [0.3, 0.4) is 0 Å². The summed E-state index contributed by atoms with van der Waals surface area (Å²) < 4.78 is 33.4. The number of aliphatic hydroxyl groups is 1. The molecule has 1 aliphatic rings.